The van der Waals surface area contributed by atoms with E-state index >= 15 is 0 Å². The molecule has 130 valence electrons. The summed E-state index contributed by atoms with van der Waals surface area (Å²) in [7, 11) is 0. The van der Waals surface area contributed by atoms with Crippen molar-refractivity contribution in [2.24, 2.45) is 0 Å². The van der Waals surface area contributed by atoms with Crippen molar-refractivity contribution < 1.29 is 0 Å². The van der Waals surface area contributed by atoms with Crippen LogP contribution in [-0.4, -0.2) is 56.9 Å². The third-order valence-electron chi connectivity index (χ3n) is 4.94. The van der Waals surface area contributed by atoms with Crippen molar-refractivity contribution in [1.82, 2.24) is 24.7 Å². The molecule has 2 aromatic heterocycles. The van der Waals surface area contributed by atoms with Crippen LogP contribution in [0.15, 0.2) is 48.8 Å². The molecular formula is C19H24N6. The molecule has 0 spiro atoms. The van der Waals surface area contributed by atoms with E-state index in [0.717, 1.165) is 44.1 Å². The van der Waals surface area contributed by atoms with E-state index in [0.29, 0.717) is 6.04 Å². The molecule has 1 atom stereocenters. The molecule has 1 saturated heterocycles. The summed E-state index contributed by atoms with van der Waals surface area (Å²) in [5.41, 5.74) is 2.22. The van der Waals surface area contributed by atoms with Crippen LogP contribution in [0.5, 0.6) is 0 Å². The molecule has 0 N–H and O–H groups in total. The van der Waals surface area contributed by atoms with Gasteiger partial charge in [0.2, 0.25) is 0 Å². The Hall–Kier alpha value is -2.47. The molecule has 1 aliphatic rings. The van der Waals surface area contributed by atoms with Crippen molar-refractivity contribution in [1.29, 1.82) is 0 Å². The van der Waals surface area contributed by atoms with Gasteiger partial charge in [-0.3, -0.25) is 4.90 Å². The average molecular weight is 336 g/mol. The number of benzene rings is 1. The first-order chi connectivity index (χ1) is 12.3. The monoisotopic (exact) mass is 336 g/mol. The second-order valence-corrected chi connectivity index (χ2v) is 6.76. The number of hydrogen-bond donors (Lipinski definition) is 0. The Bertz CT molecular complexity index is 815. The minimum atomic E-state index is 0.451. The van der Waals surface area contributed by atoms with Gasteiger partial charge in [0.1, 0.15) is 12.1 Å². The Labute approximate surface area is 148 Å². The largest absolute Gasteiger partial charge is 0.350 e. The quantitative estimate of drug-likeness (QED) is 0.715. The SMILES string of the molecule is CC1CN(CCCc2ccccc2)CCN1c1ccc2nncn2n1. The fourth-order valence-corrected chi connectivity index (χ4v) is 3.60. The van der Waals surface area contributed by atoms with Crippen LogP contribution in [0.1, 0.15) is 18.9 Å². The first-order valence-electron chi connectivity index (χ1n) is 8.99. The van der Waals surface area contributed by atoms with Gasteiger partial charge in [-0.05, 0) is 44.0 Å². The molecular weight excluding hydrogens is 312 g/mol. The van der Waals surface area contributed by atoms with E-state index in [2.05, 4.69) is 62.4 Å². The Morgan fingerprint density at radius 1 is 1.08 bits per heavy atom. The molecule has 3 heterocycles. The van der Waals surface area contributed by atoms with Crippen molar-refractivity contribution in [3.05, 3.63) is 54.4 Å². The standard InChI is InChI=1S/C19H24N6/c1-16-14-23(11-5-8-17-6-3-2-4-7-17)12-13-24(16)19-10-9-18-21-20-15-25(18)22-19/h2-4,6-7,9-10,15-16H,5,8,11-14H2,1H3. The predicted molar refractivity (Wildman–Crippen MR) is 98.8 cm³/mol. The maximum atomic E-state index is 4.64. The fraction of sp³-hybridized carbons (Fsp3) is 0.421. The number of nitrogens with zero attached hydrogens (tertiary/aromatic N) is 6. The zero-order valence-electron chi connectivity index (χ0n) is 14.6. The van der Waals surface area contributed by atoms with Gasteiger partial charge >= 0.3 is 0 Å². The molecule has 4 rings (SSSR count). The van der Waals surface area contributed by atoms with Crippen LogP contribution in [0.4, 0.5) is 5.82 Å². The van der Waals surface area contributed by atoms with E-state index in [1.54, 1.807) is 10.8 Å². The second-order valence-electron chi connectivity index (χ2n) is 6.76. The van der Waals surface area contributed by atoms with Crippen LogP contribution < -0.4 is 4.90 Å². The number of piperazine rings is 1. The molecule has 6 heteroatoms. The minimum Gasteiger partial charge on any atom is -0.350 e. The van der Waals surface area contributed by atoms with Gasteiger partial charge in [-0.2, -0.15) is 4.52 Å². The van der Waals surface area contributed by atoms with Crippen LogP contribution in [0.3, 0.4) is 0 Å². The van der Waals surface area contributed by atoms with Crippen LogP contribution in [0.25, 0.3) is 5.65 Å². The Morgan fingerprint density at radius 3 is 2.80 bits per heavy atom. The Kier molecular flexibility index (Phi) is 4.61. The molecule has 1 aromatic carbocycles. The van der Waals surface area contributed by atoms with Gasteiger partial charge in [0.15, 0.2) is 5.65 Å². The lowest BCUT2D eigenvalue weighted by Gasteiger charge is -2.40. The molecule has 0 radical (unpaired) electrons. The van der Waals surface area contributed by atoms with E-state index in [-0.39, 0.29) is 0 Å². The molecule has 0 aliphatic carbocycles. The number of aryl methyl sites for hydroxylation is 1. The summed E-state index contributed by atoms with van der Waals surface area (Å²) in [5, 5.41) is 12.6. The highest BCUT2D eigenvalue weighted by atomic mass is 15.4. The molecule has 1 aliphatic heterocycles. The minimum absolute atomic E-state index is 0.451. The smallest absolute Gasteiger partial charge is 0.177 e. The maximum absolute atomic E-state index is 4.64. The molecule has 0 bridgehead atoms. The van der Waals surface area contributed by atoms with Crippen molar-refractivity contribution in [2.45, 2.75) is 25.8 Å². The van der Waals surface area contributed by atoms with Crippen LogP contribution in [0, 0.1) is 0 Å². The molecule has 1 fully saturated rings. The zero-order chi connectivity index (χ0) is 17.1. The normalized spacial score (nSPS) is 18.8. The van der Waals surface area contributed by atoms with Crippen molar-refractivity contribution >= 4 is 11.5 Å². The highest BCUT2D eigenvalue weighted by Gasteiger charge is 2.24. The third kappa shape index (κ3) is 3.64. The third-order valence-corrected chi connectivity index (χ3v) is 4.94. The van der Waals surface area contributed by atoms with Gasteiger partial charge in [-0.15, -0.1) is 15.3 Å². The van der Waals surface area contributed by atoms with E-state index in [9.17, 15) is 0 Å². The number of anilines is 1. The molecule has 1 unspecified atom stereocenters. The average Bonchev–Trinajstić information content (AvgIpc) is 3.10. The zero-order valence-corrected chi connectivity index (χ0v) is 14.6. The van der Waals surface area contributed by atoms with E-state index < -0.39 is 0 Å². The summed E-state index contributed by atoms with van der Waals surface area (Å²) in [6, 6.07) is 15.2. The van der Waals surface area contributed by atoms with Gasteiger partial charge in [0, 0.05) is 25.7 Å². The molecule has 0 saturated carbocycles. The van der Waals surface area contributed by atoms with Gasteiger partial charge in [-0.1, -0.05) is 30.3 Å². The van der Waals surface area contributed by atoms with E-state index in [1.165, 1.54) is 12.0 Å². The summed E-state index contributed by atoms with van der Waals surface area (Å²) in [6.45, 7) is 6.61. The number of hydrogen-bond acceptors (Lipinski definition) is 5. The summed E-state index contributed by atoms with van der Waals surface area (Å²) in [5.74, 6) is 1.00. The number of rotatable bonds is 5. The second kappa shape index (κ2) is 7.19. The first kappa shape index (κ1) is 16.0. The molecule has 3 aromatic rings. The van der Waals surface area contributed by atoms with Crippen LogP contribution >= 0.6 is 0 Å². The van der Waals surface area contributed by atoms with E-state index in [4.69, 9.17) is 0 Å². The number of fused-ring (bicyclic) bond motifs is 1. The van der Waals surface area contributed by atoms with Crippen LogP contribution in [0.2, 0.25) is 0 Å². The van der Waals surface area contributed by atoms with Gasteiger partial charge in [-0.25, -0.2) is 0 Å². The molecule has 6 nitrogen and oxygen atoms in total. The lowest BCUT2D eigenvalue weighted by molar-refractivity contribution is 0.225. The van der Waals surface area contributed by atoms with Crippen molar-refractivity contribution in [2.75, 3.05) is 31.1 Å². The summed E-state index contributed by atoms with van der Waals surface area (Å²) in [4.78, 5) is 4.95. The lowest BCUT2D eigenvalue weighted by atomic mass is 10.1. The predicted octanol–water partition coefficient (Wildman–Crippen LogP) is 2.27. The fourth-order valence-electron chi connectivity index (χ4n) is 3.60. The van der Waals surface area contributed by atoms with Crippen molar-refractivity contribution in [3.63, 3.8) is 0 Å². The Balaban J connectivity index is 1.32. The highest BCUT2D eigenvalue weighted by Crippen LogP contribution is 2.19. The van der Waals surface area contributed by atoms with E-state index in [1.807, 2.05) is 12.1 Å². The number of aromatic nitrogens is 4. The topological polar surface area (TPSA) is 49.6 Å². The summed E-state index contributed by atoms with van der Waals surface area (Å²) >= 11 is 0. The summed E-state index contributed by atoms with van der Waals surface area (Å²) < 4.78 is 1.74. The first-order valence-corrected chi connectivity index (χ1v) is 8.99. The molecule has 25 heavy (non-hydrogen) atoms. The van der Waals surface area contributed by atoms with Crippen LogP contribution in [-0.2, 0) is 6.42 Å². The van der Waals surface area contributed by atoms with Gasteiger partial charge in [0.25, 0.3) is 0 Å². The van der Waals surface area contributed by atoms with Gasteiger partial charge in [0.05, 0.1) is 0 Å². The van der Waals surface area contributed by atoms with Crippen molar-refractivity contribution in [3.8, 4) is 0 Å². The Morgan fingerprint density at radius 2 is 1.96 bits per heavy atom. The molecule has 0 amide bonds. The maximum Gasteiger partial charge on any atom is 0.177 e. The highest BCUT2D eigenvalue weighted by molar-refractivity contribution is 5.46. The summed E-state index contributed by atoms with van der Waals surface area (Å²) in [6.07, 6.45) is 4.02. The lowest BCUT2D eigenvalue weighted by Crippen LogP contribution is -2.52. The van der Waals surface area contributed by atoms with Gasteiger partial charge < -0.3 is 4.90 Å².